The molecule has 0 fully saturated rings. The van der Waals surface area contributed by atoms with E-state index in [1.54, 1.807) is 0 Å². The molecule has 2 nitrogen and oxygen atoms in total. The normalized spacial score (nSPS) is 10.5. The lowest BCUT2D eigenvalue weighted by Gasteiger charge is -2.14. The van der Waals surface area contributed by atoms with E-state index in [4.69, 9.17) is 4.74 Å². The van der Waals surface area contributed by atoms with Crippen molar-refractivity contribution in [2.24, 2.45) is 0 Å². The molecule has 0 amide bonds. The van der Waals surface area contributed by atoms with Gasteiger partial charge in [-0.2, -0.15) is 0 Å². The van der Waals surface area contributed by atoms with Crippen LogP contribution < -0.4 is 4.74 Å². The Morgan fingerprint density at radius 3 is 2.54 bits per heavy atom. The van der Waals surface area contributed by atoms with Crippen LogP contribution in [-0.2, 0) is 0 Å². The van der Waals surface area contributed by atoms with Crippen molar-refractivity contribution >= 4 is 0 Å². The Hall–Kier alpha value is -1.05. The van der Waals surface area contributed by atoms with Gasteiger partial charge in [0.2, 0.25) is 5.88 Å². The summed E-state index contributed by atoms with van der Waals surface area (Å²) in [5, 5.41) is 0. The molecule has 0 radical (unpaired) electrons. The molecule has 1 aromatic heterocycles. The average molecular weight is 179 g/mol. The van der Waals surface area contributed by atoms with Gasteiger partial charge < -0.3 is 4.74 Å². The summed E-state index contributed by atoms with van der Waals surface area (Å²) in [6, 6.07) is 5.85. The molecule has 0 aliphatic rings. The molecular formula is C11H17NO. The Labute approximate surface area is 80.0 Å². The van der Waals surface area contributed by atoms with Crippen LogP contribution in [0.25, 0.3) is 0 Å². The van der Waals surface area contributed by atoms with Gasteiger partial charge in [0.15, 0.2) is 0 Å². The summed E-state index contributed by atoms with van der Waals surface area (Å²) in [6.45, 7) is 6.23. The van der Waals surface area contributed by atoms with Gasteiger partial charge >= 0.3 is 0 Å². The largest absolute Gasteiger partial charge is 0.474 e. The summed E-state index contributed by atoms with van der Waals surface area (Å²) >= 11 is 0. The summed E-state index contributed by atoms with van der Waals surface area (Å²) in [7, 11) is 0. The fourth-order valence-corrected chi connectivity index (χ4v) is 1.21. The highest BCUT2D eigenvalue weighted by molar-refractivity contribution is 5.14. The molecule has 1 heterocycles. The van der Waals surface area contributed by atoms with Crippen LogP contribution in [0.1, 0.15) is 32.4 Å². The lowest BCUT2D eigenvalue weighted by Crippen LogP contribution is -2.14. The maximum Gasteiger partial charge on any atom is 0.213 e. The molecule has 0 bridgehead atoms. The summed E-state index contributed by atoms with van der Waals surface area (Å²) < 4.78 is 5.68. The van der Waals surface area contributed by atoms with Gasteiger partial charge in [0.25, 0.3) is 0 Å². The third-order valence-corrected chi connectivity index (χ3v) is 2.06. The molecular weight excluding hydrogens is 162 g/mol. The molecule has 0 saturated carbocycles. The monoisotopic (exact) mass is 179 g/mol. The maximum atomic E-state index is 5.68. The Morgan fingerprint density at radius 2 is 2.00 bits per heavy atom. The van der Waals surface area contributed by atoms with E-state index >= 15 is 0 Å². The van der Waals surface area contributed by atoms with E-state index in [1.807, 2.05) is 25.1 Å². The summed E-state index contributed by atoms with van der Waals surface area (Å²) in [6.07, 6.45) is 2.37. The standard InChI is InChI=1S/C11H17NO/c1-4-10(5-2)13-11-8-6-7-9(3)12-11/h6-8,10H,4-5H2,1-3H3. The Kier molecular flexibility index (Phi) is 3.74. The number of nitrogens with zero attached hydrogens (tertiary/aromatic N) is 1. The number of hydrogen-bond acceptors (Lipinski definition) is 2. The van der Waals surface area contributed by atoms with Gasteiger partial charge in [0.1, 0.15) is 0 Å². The van der Waals surface area contributed by atoms with Gasteiger partial charge in [-0.3, -0.25) is 0 Å². The molecule has 1 aromatic rings. The minimum Gasteiger partial charge on any atom is -0.474 e. The molecule has 0 aliphatic heterocycles. The first-order valence-electron chi connectivity index (χ1n) is 4.86. The highest BCUT2D eigenvalue weighted by Gasteiger charge is 2.05. The minimum atomic E-state index is 0.300. The van der Waals surface area contributed by atoms with E-state index in [2.05, 4.69) is 18.8 Å². The van der Waals surface area contributed by atoms with Crippen LogP contribution in [0.3, 0.4) is 0 Å². The molecule has 0 atom stereocenters. The van der Waals surface area contributed by atoms with Gasteiger partial charge in [-0.1, -0.05) is 19.9 Å². The lowest BCUT2D eigenvalue weighted by atomic mass is 10.2. The molecule has 0 spiro atoms. The van der Waals surface area contributed by atoms with Crippen LogP contribution >= 0.6 is 0 Å². The number of aryl methyl sites for hydroxylation is 1. The van der Waals surface area contributed by atoms with Crippen molar-refractivity contribution in [1.29, 1.82) is 0 Å². The zero-order valence-electron chi connectivity index (χ0n) is 8.58. The Morgan fingerprint density at radius 1 is 1.31 bits per heavy atom. The van der Waals surface area contributed by atoms with E-state index in [0.717, 1.165) is 24.4 Å². The molecule has 13 heavy (non-hydrogen) atoms. The Balaban J connectivity index is 2.62. The summed E-state index contributed by atoms with van der Waals surface area (Å²) in [4.78, 5) is 4.29. The van der Waals surface area contributed by atoms with Crippen LogP contribution in [0, 0.1) is 6.92 Å². The average Bonchev–Trinajstić information content (AvgIpc) is 2.14. The smallest absolute Gasteiger partial charge is 0.213 e. The topological polar surface area (TPSA) is 22.1 Å². The van der Waals surface area contributed by atoms with Crippen molar-refractivity contribution in [3.63, 3.8) is 0 Å². The molecule has 72 valence electrons. The molecule has 0 saturated heterocycles. The predicted molar refractivity (Wildman–Crippen MR) is 54.0 cm³/mol. The van der Waals surface area contributed by atoms with Gasteiger partial charge in [-0.25, -0.2) is 4.98 Å². The quantitative estimate of drug-likeness (QED) is 0.709. The molecule has 0 unspecified atom stereocenters. The van der Waals surface area contributed by atoms with E-state index in [1.165, 1.54) is 0 Å². The first-order valence-corrected chi connectivity index (χ1v) is 4.86. The third-order valence-electron chi connectivity index (χ3n) is 2.06. The van der Waals surface area contributed by atoms with E-state index in [0.29, 0.717) is 6.10 Å². The zero-order valence-corrected chi connectivity index (χ0v) is 8.58. The minimum absolute atomic E-state index is 0.300. The van der Waals surface area contributed by atoms with Gasteiger partial charge in [0, 0.05) is 11.8 Å². The number of hydrogen-bond donors (Lipinski definition) is 0. The zero-order chi connectivity index (χ0) is 9.68. The molecule has 0 N–H and O–H groups in total. The third kappa shape index (κ3) is 3.05. The van der Waals surface area contributed by atoms with Crippen molar-refractivity contribution in [3.8, 4) is 5.88 Å². The SMILES string of the molecule is CCC(CC)Oc1cccc(C)n1. The number of ether oxygens (including phenoxy) is 1. The van der Waals surface area contributed by atoms with Crippen molar-refractivity contribution in [2.45, 2.75) is 39.7 Å². The summed E-state index contributed by atoms with van der Waals surface area (Å²) in [5.74, 6) is 0.744. The second kappa shape index (κ2) is 4.85. The molecule has 0 aromatic carbocycles. The van der Waals surface area contributed by atoms with E-state index in [9.17, 15) is 0 Å². The highest BCUT2D eigenvalue weighted by atomic mass is 16.5. The van der Waals surface area contributed by atoms with Crippen molar-refractivity contribution < 1.29 is 4.74 Å². The van der Waals surface area contributed by atoms with Gasteiger partial charge in [-0.15, -0.1) is 0 Å². The van der Waals surface area contributed by atoms with E-state index in [-0.39, 0.29) is 0 Å². The summed E-state index contributed by atoms with van der Waals surface area (Å²) in [5.41, 5.74) is 1.00. The molecule has 1 rings (SSSR count). The van der Waals surface area contributed by atoms with Crippen LogP contribution in [0.4, 0.5) is 0 Å². The second-order valence-corrected chi connectivity index (χ2v) is 3.17. The second-order valence-electron chi connectivity index (χ2n) is 3.17. The van der Waals surface area contributed by atoms with Gasteiger partial charge in [0.05, 0.1) is 6.10 Å². The number of pyridine rings is 1. The first kappa shape index (κ1) is 10.0. The highest BCUT2D eigenvalue weighted by Crippen LogP contribution is 2.12. The fraction of sp³-hybridized carbons (Fsp3) is 0.545. The van der Waals surface area contributed by atoms with Crippen LogP contribution in [0.15, 0.2) is 18.2 Å². The first-order chi connectivity index (χ1) is 6.26. The number of aromatic nitrogens is 1. The maximum absolute atomic E-state index is 5.68. The van der Waals surface area contributed by atoms with Crippen molar-refractivity contribution in [2.75, 3.05) is 0 Å². The number of rotatable bonds is 4. The van der Waals surface area contributed by atoms with Crippen molar-refractivity contribution in [1.82, 2.24) is 4.98 Å². The lowest BCUT2D eigenvalue weighted by molar-refractivity contribution is 0.184. The Bertz CT molecular complexity index is 256. The van der Waals surface area contributed by atoms with Crippen LogP contribution in [-0.4, -0.2) is 11.1 Å². The van der Waals surface area contributed by atoms with E-state index < -0.39 is 0 Å². The molecule has 2 heteroatoms. The van der Waals surface area contributed by atoms with Crippen LogP contribution in [0.2, 0.25) is 0 Å². The van der Waals surface area contributed by atoms with Crippen molar-refractivity contribution in [3.05, 3.63) is 23.9 Å². The van der Waals surface area contributed by atoms with Crippen LogP contribution in [0.5, 0.6) is 5.88 Å². The molecule has 0 aliphatic carbocycles. The predicted octanol–water partition coefficient (Wildman–Crippen LogP) is 2.96. The van der Waals surface area contributed by atoms with Gasteiger partial charge in [-0.05, 0) is 25.8 Å². The fourth-order valence-electron chi connectivity index (χ4n) is 1.21.